The highest BCUT2D eigenvalue weighted by Crippen LogP contribution is 2.25. The zero-order chi connectivity index (χ0) is 22.7. The molecule has 0 aliphatic heterocycles. The number of nitro groups is 1. The molecule has 0 aliphatic rings. The lowest BCUT2D eigenvalue weighted by molar-refractivity contribution is -0.384. The van der Waals surface area contributed by atoms with E-state index in [9.17, 15) is 18.5 Å². The smallest absolute Gasteiger partial charge is 0.269 e. The summed E-state index contributed by atoms with van der Waals surface area (Å²) in [7, 11) is -3.68. The number of sulfonamides is 1. The number of aryl methyl sites for hydroxylation is 1. The summed E-state index contributed by atoms with van der Waals surface area (Å²) in [4.78, 5) is 13.7. The molecular weight excluding hydrogens is 430 g/mol. The van der Waals surface area contributed by atoms with Crippen molar-refractivity contribution < 1.29 is 18.1 Å². The topological polar surface area (TPSA) is 114 Å². The normalized spacial score (nSPS) is 11.5. The average molecular weight is 452 g/mol. The van der Waals surface area contributed by atoms with Gasteiger partial charge in [0, 0.05) is 35.3 Å². The number of aromatic nitrogens is 1. The number of aromatic amines is 1. The van der Waals surface area contributed by atoms with E-state index in [0.717, 1.165) is 22.2 Å². The summed E-state index contributed by atoms with van der Waals surface area (Å²) in [6.45, 7) is 2.25. The largest absolute Gasteiger partial charge is 0.457 e. The number of rotatable bonds is 8. The molecular formula is C23H21N3O5S. The third kappa shape index (κ3) is 4.63. The predicted molar refractivity (Wildman–Crippen MR) is 122 cm³/mol. The van der Waals surface area contributed by atoms with Crippen molar-refractivity contribution in [3.63, 3.8) is 0 Å². The number of nitrogens with zero attached hydrogens (tertiary/aromatic N) is 1. The number of nitro benzene ring substituents is 1. The fraction of sp³-hybridized carbons (Fsp3) is 0.130. The lowest BCUT2D eigenvalue weighted by atomic mass is 10.1. The molecule has 1 aromatic heterocycles. The van der Waals surface area contributed by atoms with Gasteiger partial charge < -0.3 is 9.72 Å². The molecule has 4 rings (SSSR count). The molecule has 0 saturated heterocycles. The molecule has 0 atom stereocenters. The first kappa shape index (κ1) is 21.5. The molecule has 4 aromatic rings. The van der Waals surface area contributed by atoms with Crippen molar-refractivity contribution in [3.8, 4) is 11.5 Å². The van der Waals surface area contributed by atoms with E-state index >= 15 is 0 Å². The quantitative estimate of drug-likeness (QED) is 0.298. The van der Waals surface area contributed by atoms with Crippen LogP contribution in [-0.4, -0.2) is 24.9 Å². The van der Waals surface area contributed by atoms with Crippen LogP contribution in [0.5, 0.6) is 11.5 Å². The van der Waals surface area contributed by atoms with Crippen LogP contribution in [0.1, 0.15) is 11.3 Å². The number of benzene rings is 3. The molecule has 8 nitrogen and oxygen atoms in total. The van der Waals surface area contributed by atoms with Gasteiger partial charge in [-0.15, -0.1) is 0 Å². The van der Waals surface area contributed by atoms with Gasteiger partial charge in [-0.3, -0.25) is 10.1 Å². The summed E-state index contributed by atoms with van der Waals surface area (Å²) >= 11 is 0. The van der Waals surface area contributed by atoms with E-state index in [4.69, 9.17) is 4.74 Å². The van der Waals surface area contributed by atoms with Gasteiger partial charge in [0.1, 0.15) is 11.5 Å². The highest BCUT2D eigenvalue weighted by Gasteiger charge is 2.15. The Balaban J connectivity index is 1.39. The second kappa shape index (κ2) is 8.81. The Morgan fingerprint density at radius 3 is 2.25 bits per heavy atom. The zero-order valence-electron chi connectivity index (χ0n) is 17.2. The number of para-hydroxylation sites is 1. The fourth-order valence-electron chi connectivity index (χ4n) is 3.51. The standard InChI is InChI=1S/C23H21N3O5S/c1-16-21(22-4-2-3-5-23(22)25-16)14-15-24-32(29,30)20-12-10-19(11-13-20)31-18-8-6-17(7-9-18)26(27)28/h2-13,24-25H,14-15H2,1H3. The number of hydrogen-bond acceptors (Lipinski definition) is 5. The van der Waals surface area contributed by atoms with Crippen molar-refractivity contribution in [2.45, 2.75) is 18.2 Å². The van der Waals surface area contributed by atoms with E-state index in [1.807, 2.05) is 31.2 Å². The van der Waals surface area contributed by atoms with Crippen LogP contribution >= 0.6 is 0 Å². The Kier molecular flexibility index (Phi) is 5.93. The molecule has 0 aliphatic carbocycles. The van der Waals surface area contributed by atoms with E-state index in [2.05, 4.69) is 9.71 Å². The number of ether oxygens (including phenoxy) is 1. The van der Waals surface area contributed by atoms with Crippen LogP contribution in [0.3, 0.4) is 0 Å². The molecule has 164 valence electrons. The maximum atomic E-state index is 12.7. The highest BCUT2D eigenvalue weighted by atomic mass is 32.2. The van der Waals surface area contributed by atoms with Crippen molar-refractivity contribution in [1.29, 1.82) is 0 Å². The van der Waals surface area contributed by atoms with Crippen LogP contribution in [-0.2, 0) is 16.4 Å². The summed E-state index contributed by atoms with van der Waals surface area (Å²) in [5.41, 5.74) is 3.12. The first-order valence-electron chi connectivity index (χ1n) is 9.92. The minimum atomic E-state index is -3.68. The molecule has 0 amide bonds. The average Bonchev–Trinajstić information content (AvgIpc) is 3.09. The van der Waals surface area contributed by atoms with Gasteiger partial charge in [0.05, 0.1) is 9.82 Å². The highest BCUT2D eigenvalue weighted by molar-refractivity contribution is 7.89. The van der Waals surface area contributed by atoms with E-state index in [1.165, 1.54) is 36.4 Å². The number of H-pyrrole nitrogens is 1. The van der Waals surface area contributed by atoms with Gasteiger partial charge in [0.15, 0.2) is 0 Å². The van der Waals surface area contributed by atoms with Crippen molar-refractivity contribution in [2.75, 3.05) is 6.54 Å². The zero-order valence-corrected chi connectivity index (χ0v) is 18.1. The van der Waals surface area contributed by atoms with Gasteiger partial charge in [0.25, 0.3) is 5.69 Å². The summed E-state index contributed by atoms with van der Waals surface area (Å²) in [5.74, 6) is 0.839. The van der Waals surface area contributed by atoms with Gasteiger partial charge in [-0.1, -0.05) is 18.2 Å². The maximum absolute atomic E-state index is 12.7. The predicted octanol–water partition coefficient (Wildman–Crippen LogP) is 4.70. The van der Waals surface area contributed by atoms with E-state index in [1.54, 1.807) is 12.1 Å². The van der Waals surface area contributed by atoms with Crippen LogP contribution in [0.25, 0.3) is 10.9 Å². The third-order valence-corrected chi connectivity index (χ3v) is 6.59. The lowest BCUT2D eigenvalue weighted by Gasteiger charge is -2.09. The number of non-ortho nitro benzene ring substituents is 1. The minimum Gasteiger partial charge on any atom is -0.457 e. The molecule has 0 saturated carbocycles. The van der Waals surface area contributed by atoms with Gasteiger partial charge in [-0.2, -0.15) is 0 Å². The van der Waals surface area contributed by atoms with Gasteiger partial charge in [-0.25, -0.2) is 13.1 Å². The van der Waals surface area contributed by atoms with Crippen molar-refractivity contribution in [1.82, 2.24) is 9.71 Å². The number of hydrogen-bond donors (Lipinski definition) is 2. The van der Waals surface area contributed by atoms with Crippen molar-refractivity contribution in [2.24, 2.45) is 0 Å². The molecule has 2 N–H and O–H groups in total. The lowest BCUT2D eigenvalue weighted by Crippen LogP contribution is -2.26. The molecule has 9 heteroatoms. The molecule has 1 heterocycles. The minimum absolute atomic E-state index is 0.0345. The van der Waals surface area contributed by atoms with Crippen molar-refractivity contribution >= 4 is 26.6 Å². The van der Waals surface area contributed by atoms with Gasteiger partial charge in [0.2, 0.25) is 10.0 Å². The SMILES string of the molecule is Cc1[nH]c2ccccc2c1CCNS(=O)(=O)c1ccc(Oc2ccc([N+](=O)[O-])cc2)cc1. The van der Waals surface area contributed by atoms with Gasteiger partial charge in [-0.05, 0) is 61.4 Å². The molecule has 0 bridgehead atoms. The number of nitrogens with one attached hydrogen (secondary N) is 2. The van der Waals surface area contributed by atoms with Crippen LogP contribution in [0.2, 0.25) is 0 Å². The van der Waals surface area contributed by atoms with E-state index in [-0.39, 0.29) is 17.1 Å². The molecule has 0 spiro atoms. The molecule has 0 unspecified atom stereocenters. The summed E-state index contributed by atoms with van der Waals surface area (Å²) < 4.78 is 33.6. The van der Waals surface area contributed by atoms with Crippen LogP contribution in [0.4, 0.5) is 5.69 Å². The Morgan fingerprint density at radius 1 is 0.969 bits per heavy atom. The van der Waals surface area contributed by atoms with Gasteiger partial charge >= 0.3 is 0 Å². The van der Waals surface area contributed by atoms with E-state index in [0.29, 0.717) is 17.9 Å². The van der Waals surface area contributed by atoms with Crippen LogP contribution < -0.4 is 9.46 Å². The fourth-order valence-corrected chi connectivity index (χ4v) is 4.54. The van der Waals surface area contributed by atoms with Crippen LogP contribution in [0.15, 0.2) is 77.7 Å². The number of fused-ring (bicyclic) bond motifs is 1. The molecule has 32 heavy (non-hydrogen) atoms. The Labute approximate surface area is 185 Å². The second-order valence-electron chi connectivity index (χ2n) is 7.25. The first-order chi connectivity index (χ1) is 15.3. The molecule has 3 aromatic carbocycles. The second-order valence-corrected chi connectivity index (χ2v) is 9.01. The summed E-state index contributed by atoms with van der Waals surface area (Å²) in [6.07, 6.45) is 0.566. The monoisotopic (exact) mass is 451 g/mol. The first-order valence-corrected chi connectivity index (χ1v) is 11.4. The Bertz CT molecular complexity index is 1360. The molecule has 0 fully saturated rings. The third-order valence-electron chi connectivity index (χ3n) is 5.11. The molecule has 0 radical (unpaired) electrons. The summed E-state index contributed by atoms with van der Waals surface area (Å²) in [6, 6.07) is 19.6. The van der Waals surface area contributed by atoms with Crippen LogP contribution in [0, 0.1) is 17.0 Å². The Hall–Kier alpha value is -3.69. The Morgan fingerprint density at radius 2 is 1.59 bits per heavy atom. The van der Waals surface area contributed by atoms with E-state index < -0.39 is 14.9 Å². The maximum Gasteiger partial charge on any atom is 0.269 e. The van der Waals surface area contributed by atoms with Crippen molar-refractivity contribution in [3.05, 3.63) is 94.2 Å². The summed E-state index contributed by atoms with van der Waals surface area (Å²) in [5, 5.41) is 11.8.